The molecular formula is C27H28N2O4. The van der Waals surface area contributed by atoms with E-state index in [4.69, 9.17) is 4.74 Å². The minimum absolute atomic E-state index is 0.0142. The number of rotatable bonds is 9. The molecule has 0 saturated heterocycles. The number of aryl methyl sites for hydroxylation is 1. The first-order chi connectivity index (χ1) is 15.9. The van der Waals surface area contributed by atoms with Gasteiger partial charge in [-0.2, -0.15) is 0 Å². The van der Waals surface area contributed by atoms with Crippen LogP contribution in [-0.2, 0) is 20.9 Å². The summed E-state index contributed by atoms with van der Waals surface area (Å²) in [5, 5.41) is 5.52. The van der Waals surface area contributed by atoms with Gasteiger partial charge in [0.1, 0.15) is 0 Å². The van der Waals surface area contributed by atoms with Crippen molar-refractivity contribution in [3.8, 4) is 0 Å². The largest absolute Gasteiger partial charge is 0.456 e. The Morgan fingerprint density at radius 1 is 0.879 bits per heavy atom. The maximum Gasteiger partial charge on any atom is 0.306 e. The van der Waals surface area contributed by atoms with Gasteiger partial charge in [-0.15, -0.1) is 0 Å². The molecule has 1 atom stereocenters. The molecule has 2 N–H and O–H groups in total. The van der Waals surface area contributed by atoms with E-state index in [0.717, 1.165) is 16.7 Å². The molecule has 0 aliphatic heterocycles. The van der Waals surface area contributed by atoms with Gasteiger partial charge in [0.2, 0.25) is 0 Å². The van der Waals surface area contributed by atoms with Crippen LogP contribution in [0.3, 0.4) is 0 Å². The second-order valence-corrected chi connectivity index (χ2v) is 7.94. The normalized spacial score (nSPS) is 11.3. The molecule has 33 heavy (non-hydrogen) atoms. The summed E-state index contributed by atoms with van der Waals surface area (Å²) >= 11 is 0. The van der Waals surface area contributed by atoms with Gasteiger partial charge in [0.05, 0.1) is 17.7 Å². The Bertz CT molecular complexity index is 1090. The molecule has 6 nitrogen and oxygen atoms in total. The number of hydrogen-bond acceptors (Lipinski definition) is 4. The van der Waals surface area contributed by atoms with Crippen LogP contribution in [0, 0.1) is 6.92 Å². The average Bonchev–Trinajstić information content (AvgIpc) is 2.83. The number of ether oxygens (including phenoxy) is 1. The molecule has 0 aromatic heterocycles. The van der Waals surface area contributed by atoms with E-state index in [1.807, 2.05) is 68.4 Å². The van der Waals surface area contributed by atoms with Crippen LogP contribution in [0.4, 0.5) is 5.69 Å². The van der Waals surface area contributed by atoms with Gasteiger partial charge in [0, 0.05) is 6.54 Å². The number of hydrogen-bond donors (Lipinski definition) is 2. The van der Waals surface area contributed by atoms with Crippen LogP contribution in [0.5, 0.6) is 0 Å². The van der Waals surface area contributed by atoms with Crippen molar-refractivity contribution >= 4 is 23.5 Å². The number of carbonyl (C=O) groups is 3. The van der Waals surface area contributed by atoms with Crippen molar-refractivity contribution in [2.75, 3.05) is 11.9 Å². The van der Waals surface area contributed by atoms with Gasteiger partial charge in [0.25, 0.3) is 11.8 Å². The lowest BCUT2D eigenvalue weighted by atomic mass is 9.98. The van der Waals surface area contributed by atoms with Gasteiger partial charge in [-0.25, -0.2) is 0 Å². The topological polar surface area (TPSA) is 84.5 Å². The van der Waals surface area contributed by atoms with Gasteiger partial charge >= 0.3 is 5.97 Å². The highest BCUT2D eigenvalue weighted by atomic mass is 16.5. The smallest absolute Gasteiger partial charge is 0.306 e. The van der Waals surface area contributed by atoms with E-state index < -0.39 is 18.5 Å². The zero-order valence-electron chi connectivity index (χ0n) is 18.8. The highest BCUT2D eigenvalue weighted by Crippen LogP contribution is 2.19. The first-order valence-corrected chi connectivity index (χ1v) is 10.9. The molecule has 0 saturated carbocycles. The number of carbonyl (C=O) groups excluding carboxylic acids is 3. The van der Waals surface area contributed by atoms with E-state index in [0.29, 0.717) is 17.8 Å². The molecule has 3 aromatic carbocycles. The number of nitrogens with one attached hydrogen (secondary N) is 2. The summed E-state index contributed by atoms with van der Waals surface area (Å²) in [7, 11) is 0. The number of benzene rings is 3. The van der Waals surface area contributed by atoms with Crippen LogP contribution in [0.1, 0.15) is 46.3 Å². The van der Waals surface area contributed by atoms with E-state index in [1.165, 1.54) is 0 Å². The summed E-state index contributed by atoms with van der Waals surface area (Å²) in [6.07, 6.45) is 0.176. The quantitative estimate of drug-likeness (QED) is 0.473. The Kier molecular flexibility index (Phi) is 8.36. The van der Waals surface area contributed by atoms with E-state index in [9.17, 15) is 14.4 Å². The van der Waals surface area contributed by atoms with Crippen molar-refractivity contribution in [3.63, 3.8) is 0 Å². The van der Waals surface area contributed by atoms with Crippen LogP contribution in [-0.4, -0.2) is 24.4 Å². The van der Waals surface area contributed by atoms with Crippen LogP contribution in [0.25, 0.3) is 0 Å². The van der Waals surface area contributed by atoms with Crippen molar-refractivity contribution in [2.24, 2.45) is 0 Å². The summed E-state index contributed by atoms with van der Waals surface area (Å²) in [4.78, 5) is 37.1. The maximum atomic E-state index is 12.7. The number of amides is 2. The summed E-state index contributed by atoms with van der Waals surface area (Å²) in [5.74, 6) is -1.28. The van der Waals surface area contributed by atoms with E-state index in [2.05, 4.69) is 10.6 Å². The SMILES string of the molecule is Cc1ccc(CNC(=O)c2ccccc2NC(=O)COC(=O)C[C@@H](C)c2ccccc2)cc1. The molecule has 170 valence electrons. The Morgan fingerprint density at radius 3 is 2.27 bits per heavy atom. The molecule has 3 aromatic rings. The van der Waals surface area contributed by atoms with Crippen molar-refractivity contribution < 1.29 is 19.1 Å². The van der Waals surface area contributed by atoms with Crippen molar-refractivity contribution in [2.45, 2.75) is 32.7 Å². The zero-order chi connectivity index (χ0) is 23.6. The Hall–Kier alpha value is -3.93. The van der Waals surface area contributed by atoms with Gasteiger partial charge < -0.3 is 15.4 Å². The molecule has 3 rings (SSSR count). The predicted molar refractivity (Wildman–Crippen MR) is 128 cm³/mol. The van der Waals surface area contributed by atoms with E-state index >= 15 is 0 Å². The number of anilines is 1. The summed E-state index contributed by atoms with van der Waals surface area (Å²) in [6, 6.07) is 24.2. The molecule has 2 amide bonds. The lowest BCUT2D eigenvalue weighted by Gasteiger charge is -2.13. The molecule has 0 aliphatic carbocycles. The van der Waals surface area contributed by atoms with E-state index in [-0.39, 0.29) is 18.2 Å². The number of esters is 1. The lowest BCUT2D eigenvalue weighted by Crippen LogP contribution is -2.26. The van der Waals surface area contributed by atoms with Crippen molar-refractivity contribution in [1.29, 1.82) is 0 Å². The van der Waals surface area contributed by atoms with Gasteiger partial charge in [-0.1, -0.05) is 79.2 Å². The molecule has 0 fully saturated rings. The lowest BCUT2D eigenvalue weighted by molar-refractivity contribution is -0.147. The third kappa shape index (κ3) is 7.31. The van der Waals surface area contributed by atoms with Gasteiger partial charge in [-0.3, -0.25) is 14.4 Å². The molecule has 0 unspecified atom stereocenters. The Balaban J connectivity index is 1.51. The van der Waals surface area contributed by atoms with Crippen LogP contribution < -0.4 is 10.6 Å². The van der Waals surface area contributed by atoms with Crippen molar-refractivity contribution in [1.82, 2.24) is 5.32 Å². The Morgan fingerprint density at radius 2 is 1.55 bits per heavy atom. The molecule has 0 spiro atoms. The fourth-order valence-corrected chi connectivity index (χ4v) is 3.31. The molecule has 0 aliphatic rings. The monoisotopic (exact) mass is 444 g/mol. The van der Waals surface area contributed by atoms with Crippen LogP contribution in [0.15, 0.2) is 78.9 Å². The second kappa shape index (κ2) is 11.6. The number of para-hydroxylation sites is 1. The minimum Gasteiger partial charge on any atom is -0.456 e. The van der Waals surface area contributed by atoms with Crippen LogP contribution in [0.2, 0.25) is 0 Å². The highest BCUT2D eigenvalue weighted by molar-refractivity contribution is 6.04. The summed E-state index contributed by atoms with van der Waals surface area (Å²) in [6.45, 7) is 3.89. The zero-order valence-corrected chi connectivity index (χ0v) is 18.8. The summed E-state index contributed by atoms with van der Waals surface area (Å²) in [5.41, 5.74) is 3.85. The predicted octanol–water partition coefficient (Wildman–Crippen LogP) is 4.60. The first-order valence-electron chi connectivity index (χ1n) is 10.9. The van der Waals surface area contributed by atoms with Gasteiger partial charge in [0.15, 0.2) is 6.61 Å². The fraction of sp³-hybridized carbons (Fsp3) is 0.222. The first kappa shape index (κ1) is 23.7. The maximum absolute atomic E-state index is 12.7. The molecule has 0 heterocycles. The highest BCUT2D eigenvalue weighted by Gasteiger charge is 2.16. The molecule has 0 bridgehead atoms. The van der Waals surface area contributed by atoms with Crippen molar-refractivity contribution in [3.05, 3.63) is 101 Å². The van der Waals surface area contributed by atoms with E-state index in [1.54, 1.807) is 24.3 Å². The fourth-order valence-electron chi connectivity index (χ4n) is 3.31. The van der Waals surface area contributed by atoms with Gasteiger partial charge in [-0.05, 0) is 36.1 Å². The minimum atomic E-state index is -0.505. The third-order valence-corrected chi connectivity index (χ3v) is 5.23. The average molecular weight is 445 g/mol. The standard InChI is InChI=1S/C27H28N2O4/c1-19-12-14-21(15-13-19)17-28-27(32)23-10-6-7-11-24(23)29-25(30)18-33-26(31)16-20(2)22-8-4-3-5-9-22/h3-15,20H,16-18H2,1-2H3,(H,28,32)(H,29,30)/t20-/m1/s1. The molecule has 6 heteroatoms. The Labute approximate surface area is 194 Å². The third-order valence-electron chi connectivity index (χ3n) is 5.23. The van der Waals surface area contributed by atoms with Crippen LogP contribution >= 0.6 is 0 Å². The second-order valence-electron chi connectivity index (χ2n) is 7.94. The molecular weight excluding hydrogens is 416 g/mol. The molecule has 0 radical (unpaired) electrons. The summed E-state index contributed by atoms with van der Waals surface area (Å²) < 4.78 is 5.13.